The number of furan rings is 2. The summed E-state index contributed by atoms with van der Waals surface area (Å²) in [5, 5.41) is 6.34. The van der Waals surface area contributed by atoms with Crippen LogP contribution in [0.15, 0.2) is 170 Å². The van der Waals surface area contributed by atoms with Crippen LogP contribution in [-0.2, 0) is 6.54 Å². The van der Waals surface area contributed by atoms with E-state index in [2.05, 4.69) is 66.7 Å². The quantitative estimate of drug-likeness (QED) is 0.154. The highest BCUT2D eigenvalue weighted by Crippen LogP contribution is 2.39. The highest BCUT2D eigenvalue weighted by atomic mass is 16.3. The zero-order valence-electron chi connectivity index (χ0n) is 25.9. The van der Waals surface area contributed by atoms with Gasteiger partial charge in [-0.05, 0) is 51.7 Å². The Morgan fingerprint density at radius 3 is 1.94 bits per heavy atom. The number of nitrogens with two attached hydrogens (primary N) is 1. The monoisotopic (exact) mass is 619 g/mol. The minimum Gasteiger partial charge on any atom is -0.456 e. The minimum absolute atomic E-state index is 0.379. The number of rotatable bonds is 5. The molecule has 0 radical (unpaired) electrons. The van der Waals surface area contributed by atoms with Gasteiger partial charge in [0.2, 0.25) is 0 Å². The number of benzene rings is 7. The summed E-state index contributed by atoms with van der Waals surface area (Å²) in [4.78, 5) is 10.1. The van der Waals surface area contributed by atoms with E-state index >= 15 is 0 Å². The fourth-order valence-electron chi connectivity index (χ4n) is 6.80. The molecule has 5 nitrogen and oxygen atoms in total. The van der Waals surface area contributed by atoms with E-state index < -0.39 is 0 Å². The van der Waals surface area contributed by atoms with Gasteiger partial charge in [0, 0.05) is 27.1 Å². The van der Waals surface area contributed by atoms with E-state index in [1.165, 1.54) is 0 Å². The lowest BCUT2D eigenvalue weighted by molar-refractivity contribution is 0.668. The second-order valence-electron chi connectivity index (χ2n) is 11.9. The Morgan fingerprint density at radius 2 is 1.08 bits per heavy atom. The summed E-state index contributed by atoms with van der Waals surface area (Å²) in [5.41, 5.74) is 15.2. The molecular weight excluding hydrogens is 590 g/mol. The van der Waals surface area contributed by atoms with Gasteiger partial charge in [0.15, 0.2) is 5.84 Å². The summed E-state index contributed by atoms with van der Waals surface area (Å²) in [6, 6.07) is 51.3. The molecule has 0 saturated heterocycles. The van der Waals surface area contributed by atoms with Crippen LogP contribution in [0.1, 0.15) is 16.7 Å². The summed E-state index contributed by atoms with van der Waals surface area (Å²) in [5.74, 6) is 0.897. The molecule has 5 heteroatoms. The third-order valence-electron chi connectivity index (χ3n) is 9.02. The lowest BCUT2D eigenvalue weighted by atomic mass is 9.93. The number of fused-ring (bicyclic) bond motifs is 7. The normalized spacial score (nSPS) is 12.6. The molecule has 0 aliphatic heterocycles. The Kier molecular flexibility index (Phi) is 6.61. The molecule has 2 aromatic heterocycles. The predicted octanol–water partition coefficient (Wildman–Crippen LogP) is 10.7. The lowest BCUT2D eigenvalue weighted by Crippen LogP contribution is -2.17. The molecule has 0 spiro atoms. The van der Waals surface area contributed by atoms with Gasteiger partial charge < -0.3 is 14.6 Å². The van der Waals surface area contributed by atoms with Gasteiger partial charge in [0.1, 0.15) is 28.2 Å². The number of aliphatic imine (C=N–C) groups is 2. The van der Waals surface area contributed by atoms with Crippen molar-refractivity contribution in [3.8, 4) is 11.1 Å². The van der Waals surface area contributed by atoms with Crippen molar-refractivity contribution in [2.45, 2.75) is 6.54 Å². The Bertz CT molecular complexity index is 2720. The molecule has 0 atom stereocenters. The summed E-state index contributed by atoms with van der Waals surface area (Å²) in [6.07, 6.45) is 0. The summed E-state index contributed by atoms with van der Waals surface area (Å²) >= 11 is 0. The Hall–Kier alpha value is -6.46. The average Bonchev–Trinajstić information content (AvgIpc) is 3.72. The molecule has 0 fully saturated rings. The van der Waals surface area contributed by atoms with Crippen molar-refractivity contribution in [2.75, 3.05) is 0 Å². The maximum absolute atomic E-state index is 6.95. The maximum atomic E-state index is 6.95. The van der Waals surface area contributed by atoms with Crippen molar-refractivity contribution in [1.29, 1.82) is 0 Å². The van der Waals surface area contributed by atoms with Crippen molar-refractivity contribution < 1.29 is 8.83 Å². The highest BCUT2D eigenvalue weighted by Gasteiger charge is 2.18. The van der Waals surface area contributed by atoms with Gasteiger partial charge in [-0.3, -0.25) is 4.99 Å². The number of nitrogens with zero attached hydrogens (tertiary/aromatic N) is 2. The van der Waals surface area contributed by atoms with E-state index in [9.17, 15) is 0 Å². The van der Waals surface area contributed by atoms with Gasteiger partial charge in [-0.15, -0.1) is 0 Å². The Labute approximate surface area is 276 Å². The van der Waals surface area contributed by atoms with Crippen LogP contribution in [0.2, 0.25) is 0 Å². The largest absolute Gasteiger partial charge is 0.456 e. The molecule has 2 N–H and O–H groups in total. The molecule has 0 saturated carbocycles. The number of para-hydroxylation sites is 3. The standard InChI is InChI=1S/C43H29N3O2/c44-42(46-43(45-26-27-12-2-1-3-13-27)36-22-10-20-33-31-14-4-6-23-37(31)48-41(33)36)34-21-9-16-28-29(17-8-18-30(28)34)32-19-11-25-39-40(32)35-15-5-7-24-38(35)47-39/h1-25H,26H2,(H2,44,45,46). The summed E-state index contributed by atoms with van der Waals surface area (Å²) < 4.78 is 12.6. The van der Waals surface area contributed by atoms with Crippen molar-refractivity contribution in [1.82, 2.24) is 0 Å². The van der Waals surface area contributed by atoms with Crippen LogP contribution < -0.4 is 5.73 Å². The second kappa shape index (κ2) is 11.4. The smallest absolute Gasteiger partial charge is 0.161 e. The SMILES string of the molecule is NC(=NC(=NCc1ccccc1)c1cccc2c1oc1ccccc12)c1cccc2c(-c3cccc4oc5ccccc5c34)cccc12. The van der Waals surface area contributed by atoms with Crippen molar-refractivity contribution >= 4 is 66.3 Å². The lowest BCUT2D eigenvalue weighted by Gasteiger charge is -2.12. The highest BCUT2D eigenvalue weighted by molar-refractivity contribution is 6.22. The molecule has 9 aromatic rings. The zero-order valence-corrected chi connectivity index (χ0v) is 25.9. The molecule has 228 valence electrons. The van der Waals surface area contributed by atoms with E-state index in [0.29, 0.717) is 18.2 Å². The van der Waals surface area contributed by atoms with Gasteiger partial charge in [-0.1, -0.05) is 127 Å². The van der Waals surface area contributed by atoms with Crippen LogP contribution in [0.3, 0.4) is 0 Å². The van der Waals surface area contributed by atoms with E-state index in [1.54, 1.807) is 0 Å². The Balaban J connectivity index is 1.21. The summed E-state index contributed by atoms with van der Waals surface area (Å²) in [6.45, 7) is 0.450. The van der Waals surface area contributed by atoms with Crippen LogP contribution in [0.5, 0.6) is 0 Å². The molecule has 7 aromatic carbocycles. The number of amidine groups is 2. The predicted molar refractivity (Wildman–Crippen MR) is 198 cm³/mol. The maximum Gasteiger partial charge on any atom is 0.161 e. The number of hydrogen-bond donors (Lipinski definition) is 1. The molecule has 9 rings (SSSR count). The molecule has 0 aliphatic rings. The number of hydrogen-bond acceptors (Lipinski definition) is 3. The first-order valence-corrected chi connectivity index (χ1v) is 16.0. The molecule has 0 aliphatic carbocycles. The molecule has 48 heavy (non-hydrogen) atoms. The van der Waals surface area contributed by atoms with Gasteiger partial charge in [-0.2, -0.15) is 0 Å². The van der Waals surface area contributed by atoms with Crippen molar-refractivity contribution in [3.63, 3.8) is 0 Å². The van der Waals surface area contributed by atoms with Crippen LogP contribution in [0, 0.1) is 0 Å². The second-order valence-corrected chi connectivity index (χ2v) is 11.9. The third kappa shape index (κ3) is 4.64. The molecule has 0 bridgehead atoms. The topological polar surface area (TPSA) is 77.0 Å². The van der Waals surface area contributed by atoms with E-state index in [0.717, 1.165) is 82.5 Å². The fourth-order valence-corrected chi connectivity index (χ4v) is 6.80. The van der Waals surface area contributed by atoms with Crippen LogP contribution in [0.25, 0.3) is 65.8 Å². The van der Waals surface area contributed by atoms with Gasteiger partial charge in [0.05, 0.1) is 12.1 Å². The van der Waals surface area contributed by atoms with E-state index in [-0.39, 0.29) is 0 Å². The first kappa shape index (κ1) is 27.8. The summed E-state index contributed by atoms with van der Waals surface area (Å²) in [7, 11) is 0. The van der Waals surface area contributed by atoms with Gasteiger partial charge >= 0.3 is 0 Å². The van der Waals surface area contributed by atoms with Crippen molar-refractivity contribution in [3.05, 3.63) is 168 Å². The van der Waals surface area contributed by atoms with E-state index in [1.807, 2.05) is 84.9 Å². The fraction of sp³-hybridized carbons (Fsp3) is 0.0233. The van der Waals surface area contributed by atoms with Crippen LogP contribution in [-0.4, -0.2) is 11.7 Å². The zero-order chi connectivity index (χ0) is 32.0. The van der Waals surface area contributed by atoms with Crippen LogP contribution in [0.4, 0.5) is 0 Å². The van der Waals surface area contributed by atoms with Gasteiger partial charge in [0.25, 0.3) is 0 Å². The molecule has 0 amide bonds. The first-order valence-electron chi connectivity index (χ1n) is 16.0. The minimum atomic E-state index is 0.379. The molecule has 0 unspecified atom stereocenters. The molecule has 2 heterocycles. The third-order valence-corrected chi connectivity index (χ3v) is 9.02. The van der Waals surface area contributed by atoms with Gasteiger partial charge in [-0.25, -0.2) is 4.99 Å². The Morgan fingerprint density at radius 1 is 0.479 bits per heavy atom. The van der Waals surface area contributed by atoms with Crippen molar-refractivity contribution in [2.24, 2.45) is 15.7 Å². The average molecular weight is 620 g/mol. The first-order chi connectivity index (χ1) is 23.7. The van der Waals surface area contributed by atoms with Crippen LogP contribution >= 0.6 is 0 Å². The van der Waals surface area contributed by atoms with E-state index in [4.69, 9.17) is 24.6 Å². The molecular formula is C43H29N3O2.